The number of benzene rings is 1. The first kappa shape index (κ1) is 17.9. The zero-order valence-electron chi connectivity index (χ0n) is 15.2. The fourth-order valence-corrected chi connectivity index (χ4v) is 2.94. The molecule has 2 aromatic rings. The second kappa shape index (κ2) is 7.56. The summed E-state index contributed by atoms with van der Waals surface area (Å²) in [5.41, 5.74) is 1.66. The maximum atomic E-state index is 12.5. The third kappa shape index (κ3) is 4.02. The number of carbonyl (C=O) groups is 2. The van der Waals surface area contributed by atoms with E-state index in [1.54, 1.807) is 11.1 Å². The van der Waals surface area contributed by atoms with Gasteiger partial charge < -0.3 is 15.0 Å². The Balaban J connectivity index is 1.66. The number of rotatable bonds is 5. The second-order valence-electron chi connectivity index (χ2n) is 6.72. The Kier molecular flexibility index (Phi) is 5.21. The van der Waals surface area contributed by atoms with Crippen molar-refractivity contribution in [3.05, 3.63) is 48.2 Å². The maximum absolute atomic E-state index is 12.5. The van der Waals surface area contributed by atoms with Crippen LogP contribution in [0.2, 0.25) is 0 Å². The molecule has 1 atom stereocenters. The van der Waals surface area contributed by atoms with Gasteiger partial charge in [-0.05, 0) is 56.7 Å². The van der Waals surface area contributed by atoms with Crippen LogP contribution < -0.4 is 15.0 Å². The molecule has 0 bridgehead atoms. The zero-order valence-corrected chi connectivity index (χ0v) is 15.2. The van der Waals surface area contributed by atoms with Gasteiger partial charge in [0.2, 0.25) is 11.8 Å². The topological polar surface area (TPSA) is 71.5 Å². The molecule has 0 spiro atoms. The van der Waals surface area contributed by atoms with Gasteiger partial charge >= 0.3 is 0 Å². The van der Waals surface area contributed by atoms with Crippen molar-refractivity contribution in [1.82, 2.24) is 4.98 Å². The van der Waals surface area contributed by atoms with E-state index in [0.29, 0.717) is 12.4 Å². The van der Waals surface area contributed by atoms with Crippen LogP contribution in [0.25, 0.3) is 0 Å². The number of nitrogens with one attached hydrogen (secondary N) is 1. The van der Waals surface area contributed by atoms with E-state index in [1.165, 1.54) is 0 Å². The lowest BCUT2D eigenvalue weighted by molar-refractivity contribution is -0.122. The Morgan fingerprint density at radius 3 is 2.65 bits per heavy atom. The minimum Gasteiger partial charge on any atom is -0.491 e. The maximum Gasteiger partial charge on any atom is 0.230 e. The normalized spacial score (nSPS) is 16.8. The summed E-state index contributed by atoms with van der Waals surface area (Å²) in [6.45, 7) is 6.17. The molecule has 1 unspecified atom stereocenters. The van der Waals surface area contributed by atoms with E-state index in [2.05, 4.69) is 10.3 Å². The van der Waals surface area contributed by atoms with Crippen molar-refractivity contribution in [3.8, 4) is 5.75 Å². The first-order valence-corrected chi connectivity index (χ1v) is 8.73. The van der Waals surface area contributed by atoms with E-state index in [0.717, 1.165) is 17.0 Å². The van der Waals surface area contributed by atoms with Crippen molar-refractivity contribution >= 4 is 23.3 Å². The second-order valence-corrected chi connectivity index (χ2v) is 6.72. The third-order valence-corrected chi connectivity index (χ3v) is 4.27. The molecule has 2 heterocycles. The van der Waals surface area contributed by atoms with Gasteiger partial charge in [-0.25, -0.2) is 4.98 Å². The Morgan fingerprint density at radius 2 is 2.00 bits per heavy atom. The predicted octanol–water partition coefficient (Wildman–Crippen LogP) is 3.17. The summed E-state index contributed by atoms with van der Waals surface area (Å²) in [6.07, 6.45) is 1.93. The van der Waals surface area contributed by atoms with E-state index in [-0.39, 0.29) is 24.3 Å². The molecule has 0 radical (unpaired) electrons. The molecule has 6 heteroatoms. The number of ether oxygens (including phenoxy) is 1. The zero-order chi connectivity index (χ0) is 18.7. The first-order chi connectivity index (χ1) is 12.4. The lowest BCUT2D eigenvalue weighted by Gasteiger charge is -2.18. The van der Waals surface area contributed by atoms with Crippen molar-refractivity contribution in [2.75, 3.05) is 16.8 Å². The third-order valence-electron chi connectivity index (χ3n) is 4.27. The van der Waals surface area contributed by atoms with Crippen LogP contribution in [0.4, 0.5) is 11.5 Å². The molecular weight excluding hydrogens is 330 g/mol. The average Bonchev–Trinajstić information content (AvgIpc) is 2.99. The molecule has 1 saturated heterocycles. The molecule has 1 fully saturated rings. The standard InChI is InChI=1S/C20H23N3O3/c1-13(2)26-17-8-6-16(7-9-17)23-12-15(11-18(23)24)20(25)22-19-14(3)5-4-10-21-19/h4-10,13,15H,11-12H2,1-3H3,(H,21,22,25). The van der Waals surface area contributed by atoms with E-state index >= 15 is 0 Å². The Labute approximate surface area is 153 Å². The molecule has 1 N–H and O–H groups in total. The van der Waals surface area contributed by atoms with Crippen LogP contribution in [0.1, 0.15) is 25.8 Å². The SMILES string of the molecule is Cc1cccnc1NC(=O)C1CC(=O)N(c2ccc(OC(C)C)cc2)C1. The summed E-state index contributed by atoms with van der Waals surface area (Å²) < 4.78 is 5.62. The number of hydrogen-bond acceptors (Lipinski definition) is 4. The van der Waals surface area contributed by atoms with Gasteiger partial charge in [0.05, 0.1) is 12.0 Å². The van der Waals surface area contributed by atoms with Crippen molar-refractivity contribution < 1.29 is 14.3 Å². The Hall–Kier alpha value is -2.89. The number of aryl methyl sites for hydroxylation is 1. The van der Waals surface area contributed by atoms with Gasteiger partial charge in [-0.3, -0.25) is 9.59 Å². The molecule has 136 valence electrons. The number of carbonyl (C=O) groups excluding carboxylic acids is 2. The van der Waals surface area contributed by atoms with Crippen molar-refractivity contribution in [3.63, 3.8) is 0 Å². The van der Waals surface area contributed by atoms with Gasteiger partial charge in [-0.2, -0.15) is 0 Å². The lowest BCUT2D eigenvalue weighted by Crippen LogP contribution is -2.28. The molecule has 6 nitrogen and oxygen atoms in total. The van der Waals surface area contributed by atoms with E-state index in [4.69, 9.17) is 4.74 Å². The number of aromatic nitrogens is 1. The van der Waals surface area contributed by atoms with E-state index in [1.807, 2.05) is 57.2 Å². The smallest absolute Gasteiger partial charge is 0.230 e. The van der Waals surface area contributed by atoms with Gasteiger partial charge in [0.25, 0.3) is 0 Å². The molecule has 1 aliphatic heterocycles. The molecule has 2 amide bonds. The average molecular weight is 353 g/mol. The highest BCUT2D eigenvalue weighted by Crippen LogP contribution is 2.28. The number of nitrogens with zero attached hydrogens (tertiary/aromatic N) is 2. The van der Waals surface area contributed by atoms with Crippen LogP contribution >= 0.6 is 0 Å². The number of amides is 2. The van der Waals surface area contributed by atoms with Crippen LogP contribution in [0.15, 0.2) is 42.6 Å². The quantitative estimate of drug-likeness (QED) is 0.896. The molecule has 0 saturated carbocycles. The van der Waals surface area contributed by atoms with E-state index in [9.17, 15) is 9.59 Å². The number of anilines is 2. The van der Waals surface area contributed by atoms with Crippen LogP contribution in [-0.4, -0.2) is 29.4 Å². The molecule has 26 heavy (non-hydrogen) atoms. The number of hydrogen-bond donors (Lipinski definition) is 1. The summed E-state index contributed by atoms with van der Waals surface area (Å²) >= 11 is 0. The van der Waals surface area contributed by atoms with Gasteiger partial charge in [-0.15, -0.1) is 0 Å². The van der Waals surface area contributed by atoms with Crippen molar-refractivity contribution in [2.45, 2.75) is 33.3 Å². The summed E-state index contributed by atoms with van der Waals surface area (Å²) in [7, 11) is 0. The highest BCUT2D eigenvalue weighted by atomic mass is 16.5. The Bertz CT molecular complexity index is 802. The highest BCUT2D eigenvalue weighted by molar-refractivity contribution is 6.03. The number of pyridine rings is 1. The monoisotopic (exact) mass is 353 g/mol. The first-order valence-electron chi connectivity index (χ1n) is 8.73. The largest absolute Gasteiger partial charge is 0.491 e. The lowest BCUT2D eigenvalue weighted by atomic mass is 10.1. The molecule has 0 aliphatic carbocycles. The van der Waals surface area contributed by atoms with Crippen LogP contribution in [0.5, 0.6) is 5.75 Å². The van der Waals surface area contributed by atoms with Gasteiger partial charge in [0.15, 0.2) is 0 Å². The minimum absolute atomic E-state index is 0.0552. The summed E-state index contributed by atoms with van der Waals surface area (Å²) in [4.78, 5) is 30.7. The van der Waals surface area contributed by atoms with Crippen LogP contribution in [0, 0.1) is 12.8 Å². The molecular formula is C20H23N3O3. The molecule has 3 rings (SSSR count). The Morgan fingerprint density at radius 1 is 1.27 bits per heavy atom. The summed E-state index contributed by atoms with van der Waals surface area (Å²) in [5.74, 6) is 0.673. The van der Waals surface area contributed by atoms with Gasteiger partial charge in [0, 0.05) is 24.8 Å². The van der Waals surface area contributed by atoms with Crippen LogP contribution in [-0.2, 0) is 9.59 Å². The minimum atomic E-state index is -0.393. The fourth-order valence-electron chi connectivity index (χ4n) is 2.94. The van der Waals surface area contributed by atoms with Crippen molar-refractivity contribution in [2.24, 2.45) is 5.92 Å². The fraction of sp³-hybridized carbons (Fsp3) is 0.350. The molecule has 1 aromatic heterocycles. The molecule has 1 aliphatic rings. The van der Waals surface area contributed by atoms with E-state index < -0.39 is 5.92 Å². The van der Waals surface area contributed by atoms with Crippen molar-refractivity contribution in [1.29, 1.82) is 0 Å². The van der Waals surface area contributed by atoms with Gasteiger partial charge in [-0.1, -0.05) is 6.07 Å². The van der Waals surface area contributed by atoms with Crippen LogP contribution in [0.3, 0.4) is 0 Å². The highest BCUT2D eigenvalue weighted by Gasteiger charge is 2.35. The van der Waals surface area contributed by atoms with Gasteiger partial charge in [0.1, 0.15) is 11.6 Å². The summed E-state index contributed by atoms with van der Waals surface area (Å²) in [5, 5.41) is 2.83. The predicted molar refractivity (Wildman–Crippen MR) is 100 cm³/mol. The molecule has 1 aromatic carbocycles. The summed E-state index contributed by atoms with van der Waals surface area (Å²) in [6, 6.07) is 11.1.